The molecule has 0 saturated heterocycles. The van der Waals surface area contributed by atoms with Crippen LogP contribution < -0.4 is 5.32 Å². The summed E-state index contributed by atoms with van der Waals surface area (Å²) < 4.78 is 27.7. The average Bonchev–Trinajstić information content (AvgIpc) is 2.94. The van der Waals surface area contributed by atoms with E-state index < -0.39 is 27.8 Å². The highest BCUT2D eigenvalue weighted by molar-refractivity contribution is 7.91. The van der Waals surface area contributed by atoms with Crippen molar-refractivity contribution in [2.24, 2.45) is 0 Å². The molecule has 0 aliphatic carbocycles. The molecule has 0 aromatic carbocycles. The summed E-state index contributed by atoms with van der Waals surface area (Å²) in [5.41, 5.74) is 0. The Kier molecular flexibility index (Phi) is 6.16. The average molecular weight is 315 g/mol. The van der Waals surface area contributed by atoms with Crippen molar-refractivity contribution in [1.29, 1.82) is 0 Å². The summed E-state index contributed by atoms with van der Waals surface area (Å²) in [7, 11) is -3.28. The molecule has 0 bridgehead atoms. The van der Waals surface area contributed by atoms with Gasteiger partial charge in [0.15, 0.2) is 0 Å². The summed E-state index contributed by atoms with van der Waals surface area (Å²) in [5.74, 6) is -1.81. The number of hydrogen-bond acceptors (Lipinski definition) is 5. The van der Waals surface area contributed by atoms with Crippen molar-refractivity contribution < 1.29 is 27.5 Å². The van der Waals surface area contributed by atoms with Crippen molar-refractivity contribution in [3.05, 3.63) is 30.2 Å². The Bertz CT molecular complexity index is 603. The second-order valence-electron chi connectivity index (χ2n) is 4.27. The number of carbonyl (C=O) groups excluding carboxylic acids is 1. The Hall–Kier alpha value is -2.09. The minimum Gasteiger partial charge on any atom is -0.480 e. The molecule has 8 heteroatoms. The Morgan fingerprint density at radius 2 is 2.19 bits per heavy atom. The summed E-state index contributed by atoms with van der Waals surface area (Å²) in [6, 6.07) is 2.03. The molecule has 1 unspecified atom stereocenters. The van der Waals surface area contributed by atoms with E-state index in [9.17, 15) is 18.0 Å². The lowest BCUT2D eigenvalue weighted by molar-refractivity contribution is -0.141. The van der Waals surface area contributed by atoms with Crippen LogP contribution in [0, 0.1) is 0 Å². The molecule has 116 valence electrons. The number of aliphatic carboxylic acids is 1. The normalized spacial score (nSPS) is 13.2. The molecule has 0 aliphatic heterocycles. The van der Waals surface area contributed by atoms with Crippen LogP contribution in [0.3, 0.4) is 0 Å². The maximum atomic E-state index is 11.6. The molecule has 1 aromatic rings. The van der Waals surface area contributed by atoms with Gasteiger partial charge in [-0.15, -0.1) is 0 Å². The highest BCUT2D eigenvalue weighted by atomic mass is 32.2. The van der Waals surface area contributed by atoms with Gasteiger partial charge in [0.1, 0.15) is 21.6 Å². The quantitative estimate of drug-likeness (QED) is 0.682. The highest BCUT2D eigenvalue weighted by Gasteiger charge is 2.21. The van der Waals surface area contributed by atoms with E-state index in [1.165, 1.54) is 19.3 Å². The number of rotatable bonds is 8. The molecule has 0 spiro atoms. The monoisotopic (exact) mass is 315 g/mol. The molecule has 1 heterocycles. The molecule has 2 N–H and O–H groups in total. The number of hydrogen-bond donors (Lipinski definition) is 2. The maximum Gasteiger partial charge on any atom is 0.326 e. The van der Waals surface area contributed by atoms with Crippen LogP contribution >= 0.6 is 0 Å². The van der Waals surface area contributed by atoms with Gasteiger partial charge in [-0.05, 0) is 24.6 Å². The molecule has 0 aliphatic rings. The van der Waals surface area contributed by atoms with Crippen molar-refractivity contribution in [3.63, 3.8) is 0 Å². The lowest BCUT2D eigenvalue weighted by Gasteiger charge is -2.12. The van der Waals surface area contributed by atoms with Crippen LogP contribution in [0.2, 0.25) is 0 Å². The van der Waals surface area contributed by atoms with Crippen LogP contribution in [0.1, 0.15) is 19.1 Å². The Labute approximate surface area is 122 Å². The van der Waals surface area contributed by atoms with Crippen LogP contribution in [-0.2, 0) is 19.4 Å². The number of carboxylic acids is 1. The second-order valence-corrected chi connectivity index (χ2v) is 6.75. The molecule has 1 aromatic heterocycles. The van der Waals surface area contributed by atoms with Gasteiger partial charge in [0.05, 0.1) is 12.0 Å². The topological polar surface area (TPSA) is 114 Å². The minimum atomic E-state index is -3.28. The lowest BCUT2D eigenvalue weighted by Crippen LogP contribution is -2.41. The van der Waals surface area contributed by atoms with Crippen LogP contribution in [0.25, 0.3) is 6.08 Å². The van der Waals surface area contributed by atoms with Gasteiger partial charge in [-0.1, -0.05) is 6.92 Å². The molecular formula is C13H17NO6S. The third kappa shape index (κ3) is 6.26. The second kappa shape index (κ2) is 7.63. The zero-order valence-electron chi connectivity index (χ0n) is 11.5. The van der Waals surface area contributed by atoms with Crippen LogP contribution in [0.5, 0.6) is 0 Å². The molecule has 0 saturated carbocycles. The van der Waals surface area contributed by atoms with E-state index in [-0.39, 0.29) is 17.9 Å². The van der Waals surface area contributed by atoms with Crippen LogP contribution in [0.15, 0.2) is 28.9 Å². The van der Waals surface area contributed by atoms with Crippen LogP contribution in [0.4, 0.5) is 0 Å². The summed E-state index contributed by atoms with van der Waals surface area (Å²) in [4.78, 5) is 22.6. The van der Waals surface area contributed by atoms with Crippen molar-refractivity contribution in [2.75, 3.05) is 11.5 Å². The third-order valence-corrected chi connectivity index (χ3v) is 4.45. The van der Waals surface area contributed by atoms with Gasteiger partial charge in [-0.25, -0.2) is 13.2 Å². The molecule has 7 nitrogen and oxygen atoms in total. The Balaban J connectivity index is 2.58. The number of furan rings is 1. The molecule has 1 rings (SSSR count). The summed E-state index contributed by atoms with van der Waals surface area (Å²) in [5, 5.41) is 11.2. The molecule has 1 amide bonds. The standard InChI is InChI=1S/C13H17NO6S/c1-2-21(18,19)9-7-11(13(16)17)14-12(15)6-5-10-4-3-8-20-10/h3-6,8,11H,2,7,9H2,1H3,(H,14,15)(H,16,17)/b6-5+. The van der Waals surface area contributed by atoms with E-state index in [1.807, 2.05) is 0 Å². The number of sulfone groups is 1. The highest BCUT2D eigenvalue weighted by Crippen LogP contribution is 2.03. The van der Waals surface area contributed by atoms with Crippen molar-refractivity contribution in [1.82, 2.24) is 5.32 Å². The first-order chi connectivity index (χ1) is 9.84. The molecule has 1 atom stereocenters. The largest absolute Gasteiger partial charge is 0.480 e. The van der Waals surface area contributed by atoms with Crippen molar-refractivity contribution in [3.8, 4) is 0 Å². The number of amides is 1. The predicted molar refractivity (Wildman–Crippen MR) is 76.3 cm³/mol. The van der Waals surface area contributed by atoms with Crippen molar-refractivity contribution in [2.45, 2.75) is 19.4 Å². The number of nitrogens with one attached hydrogen (secondary N) is 1. The Morgan fingerprint density at radius 3 is 2.71 bits per heavy atom. The molecular weight excluding hydrogens is 298 g/mol. The predicted octanol–water partition coefficient (Wildman–Crippen LogP) is 0.687. The summed E-state index contributed by atoms with van der Waals surface area (Å²) in [6.45, 7) is 1.48. The van der Waals surface area contributed by atoms with E-state index in [4.69, 9.17) is 9.52 Å². The maximum absolute atomic E-state index is 11.6. The van der Waals surface area contributed by atoms with Gasteiger partial charge in [-0.2, -0.15) is 0 Å². The van der Waals surface area contributed by atoms with Gasteiger partial charge in [0.25, 0.3) is 0 Å². The zero-order chi connectivity index (χ0) is 15.9. The van der Waals surface area contributed by atoms with E-state index in [1.54, 1.807) is 12.1 Å². The number of carbonyl (C=O) groups is 2. The fraction of sp³-hybridized carbons (Fsp3) is 0.385. The van der Waals surface area contributed by atoms with Crippen LogP contribution in [-0.4, -0.2) is 42.9 Å². The summed E-state index contributed by atoms with van der Waals surface area (Å²) >= 11 is 0. The summed E-state index contributed by atoms with van der Waals surface area (Å²) in [6.07, 6.45) is 3.78. The third-order valence-electron chi connectivity index (χ3n) is 2.71. The first kappa shape index (κ1) is 17.0. The zero-order valence-corrected chi connectivity index (χ0v) is 12.3. The molecule has 0 radical (unpaired) electrons. The fourth-order valence-corrected chi connectivity index (χ4v) is 2.35. The molecule has 21 heavy (non-hydrogen) atoms. The Morgan fingerprint density at radius 1 is 1.48 bits per heavy atom. The SMILES string of the molecule is CCS(=O)(=O)CCC(NC(=O)/C=C/c1ccco1)C(=O)O. The van der Waals surface area contributed by atoms with E-state index in [0.717, 1.165) is 6.08 Å². The minimum absolute atomic E-state index is 0.0638. The van der Waals surface area contributed by atoms with Crippen molar-refractivity contribution >= 4 is 27.8 Å². The molecule has 0 fully saturated rings. The first-order valence-corrected chi connectivity index (χ1v) is 8.11. The fourth-order valence-electron chi connectivity index (χ4n) is 1.46. The van der Waals surface area contributed by atoms with Gasteiger partial charge in [-0.3, -0.25) is 4.79 Å². The lowest BCUT2D eigenvalue weighted by atomic mass is 10.2. The number of carboxylic acid groups (broad SMARTS) is 1. The van der Waals surface area contributed by atoms with Gasteiger partial charge in [0, 0.05) is 11.8 Å². The van der Waals surface area contributed by atoms with Gasteiger partial charge >= 0.3 is 5.97 Å². The smallest absolute Gasteiger partial charge is 0.326 e. The first-order valence-electron chi connectivity index (χ1n) is 6.29. The van der Waals surface area contributed by atoms with E-state index >= 15 is 0 Å². The van der Waals surface area contributed by atoms with Gasteiger partial charge in [0.2, 0.25) is 5.91 Å². The van der Waals surface area contributed by atoms with Gasteiger partial charge < -0.3 is 14.8 Å². The van der Waals surface area contributed by atoms with E-state index in [0.29, 0.717) is 5.76 Å². The van der Waals surface area contributed by atoms with E-state index in [2.05, 4.69) is 5.32 Å².